The molecule has 1 rings (SSSR count). The third kappa shape index (κ3) is 5.66. The van der Waals surface area contributed by atoms with E-state index in [0.717, 1.165) is 32.1 Å². The predicted octanol–water partition coefficient (Wildman–Crippen LogP) is 3.67. The molecule has 0 bridgehead atoms. The molecular formula is C12H22O3S. The summed E-state index contributed by atoms with van der Waals surface area (Å²) in [7, 11) is -3.95. The maximum absolute atomic E-state index is 11.1. The van der Waals surface area contributed by atoms with Gasteiger partial charge in [0.05, 0.1) is 4.91 Å². The minimum atomic E-state index is -3.95. The van der Waals surface area contributed by atoms with Crippen LogP contribution in [0.3, 0.4) is 0 Å². The standard InChI is InChI=1S/C12H22O3S/c13-16(14,15)12-10-8-6-4-2-1-3-5-7-9-11-12/h10H,1-9,11H2,(H,13,14,15)/b12-10+. The van der Waals surface area contributed by atoms with Gasteiger partial charge in [-0.2, -0.15) is 8.42 Å². The molecule has 0 amide bonds. The molecule has 1 aliphatic rings. The van der Waals surface area contributed by atoms with Crippen LogP contribution in [0.1, 0.15) is 64.2 Å². The van der Waals surface area contributed by atoms with Gasteiger partial charge < -0.3 is 0 Å². The predicted molar refractivity (Wildman–Crippen MR) is 65.8 cm³/mol. The fourth-order valence-electron chi connectivity index (χ4n) is 2.10. The quantitative estimate of drug-likeness (QED) is 0.718. The van der Waals surface area contributed by atoms with E-state index in [1.54, 1.807) is 6.08 Å². The molecule has 3 nitrogen and oxygen atoms in total. The summed E-state index contributed by atoms with van der Waals surface area (Å²) < 4.78 is 31.2. The minimum absolute atomic E-state index is 0.230. The van der Waals surface area contributed by atoms with Crippen molar-refractivity contribution in [2.24, 2.45) is 0 Å². The van der Waals surface area contributed by atoms with Gasteiger partial charge in [-0.15, -0.1) is 0 Å². The van der Waals surface area contributed by atoms with E-state index in [2.05, 4.69) is 0 Å². The van der Waals surface area contributed by atoms with Gasteiger partial charge in [-0.05, 0) is 25.7 Å². The highest BCUT2D eigenvalue weighted by Crippen LogP contribution is 2.19. The molecule has 1 N–H and O–H groups in total. The Hall–Kier alpha value is -0.350. The van der Waals surface area contributed by atoms with Gasteiger partial charge >= 0.3 is 0 Å². The molecule has 0 aliphatic heterocycles. The van der Waals surface area contributed by atoms with E-state index >= 15 is 0 Å². The van der Waals surface area contributed by atoms with Crippen molar-refractivity contribution in [2.45, 2.75) is 64.2 Å². The third-order valence-electron chi connectivity index (χ3n) is 3.08. The van der Waals surface area contributed by atoms with Crippen LogP contribution in [0.4, 0.5) is 0 Å². The highest BCUT2D eigenvalue weighted by molar-refractivity contribution is 7.89. The maximum atomic E-state index is 11.1. The van der Waals surface area contributed by atoms with Gasteiger partial charge in [0, 0.05) is 0 Å². The topological polar surface area (TPSA) is 54.4 Å². The Morgan fingerprint density at radius 3 is 1.94 bits per heavy atom. The first-order chi connectivity index (χ1) is 7.61. The second kappa shape index (κ2) is 7.07. The average Bonchev–Trinajstić information content (AvgIpc) is 2.16. The molecule has 0 fully saturated rings. The summed E-state index contributed by atoms with van der Waals surface area (Å²) in [6.07, 6.45) is 12.1. The Kier molecular flexibility index (Phi) is 6.06. The molecule has 0 radical (unpaired) electrons. The second-order valence-electron chi connectivity index (χ2n) is 4.51. The van der Waals surface area contributed by atoms with Gasteiger partial charge in [0.15, 0.2) is 0 Å². The zero-order valence-corrected chi connectivity index (χ0v) is 10.6. The summed E-state index contributed by atoms with van der Waals surface area (Å²) in [4.78, 5) is 0.230. The Morgan fingerprint density at radius 1 is 0.875 bits per heavy atom. The van der Waals surface area contributed by atoms with Crippen molar-refractivity contribution in [3.8, 4) is 0 Å². The number of allylic oxidation sites excluding steroid dienone is 2. The number of hydrogen-bond donors (Lipinski definition) is 1. The summed E-state index contributed by atoms with van der Waals surface area (Å²) in [6.45, 7) is 0. The third-order valence-corrected chi connectivity index (χ3v) is 4.11. The van der Waals surface area contributed by atoms with Crippen molar-refractivity contribution in [1.82, 2.24) is 0 Å². The van der Waals surface area contributed by atoms with Crippen molar-refractivity contribution in [2.75, 3.05) is 0 Å². The zero-order valence-electron chi connectivity index (χ0n) is 9.82. The molecule has 1 aliphatic carbocycles. The molecule has 94 valence electrons. The average molecular weight is 246 g/mol. The molecule has 4 heteroatoms. The van der Waals surface area contributed by atoms with Crippen LogP contribution < -0.4 is 0 Å². The SMILES string of the molecule is O=S(=O)(O)/C1=C/CCCCCCCCCC1. The van der Waals surface area contributed by atoms with Crippen LogP contribution in [-0.4, -0.2) is 13.0 Å². The van der Waals surface area contributed by atoms with Gasteiger partial charge in [0.25, 0.3) is 10.1 Å². The number of rotatable bonds is 1. The van der Waals surface area contributed by atoms with Crippen LogP contribution in [-0.2, 0) is 10.1 Å². The lowest BCUT2D eigenvalue weighted by Crippen LogP contribution is -2.02. The van der Waals surface area contributed by atoms with Crippen LogP contribution in [0.2, 0.25) is 0 Å². The van der Waals surface area contributed by atoms with E-state index in [4.69, 9.17) is 4.55 Å². The minimum Gasteiger partial charge on any atom is -0.282 e. The van der Waals surface area contributed by atoms with Crippen LogP contribution in [0.25, 0.3) is 0 Å². The molecule has 0 saturated heterocycles. The fraction of sp³-hybridized carbons (Fsp3) is 0.833. The van der Waals surface area contributed by atoms with E-state index in [9.17, 15) is 8.42 Å². The normalized spacial score (nSPS) is 24.9. The zero-order chi connectivity index (χ0) is 11.9. The Balaban J connectivity index is 2.57. The van der Waals surface area contributed by atoms with Crippen molar-refractivity contribution in [3.05, 3.63) is 11.0 Å². The van der Waals surface area contributed by atoms with Crippen molar-refractivity contribution >= 4 is 10.1 Å². The molecule has 0 saturated carbocycles. The van der Waals surface area contributed by atoms with E-state index in [-0.39, 0.29) is 4.91 Å². The van der Waals surface area contributed by atoms with Gasteiger partial charge in [0.2, 0.25) is 0 Å². The molecular weight excluding hydrogens is 224 g/mol. The fourth-order valence-corrected chi connectivity index (χ4v) is 2.83. The maximum Gasteiger partial charge on any atom is 0.290 e. The smallest absolute Gasteiger partial charge is 0.282 e. The lowest BCUT2D eigenvalue weighted by molar-refractivity contribution is 0.486. The molecule has 16 heavy (non-hydrogen) atoms. The van der Waals surface area contributed by atoms with Crippen molar-refractivity contribution in [1.29, 1.82) is 0 Å². The van der Waals surface area contributed by atoms with Gasteiger partial charge in [-0.25, -0.2) is 0 Å². The highest BCUT2D eigenvalue weighted by atomic mass is 32.2. The lowest BCUT2D eigenvalue weighted by atomic mass is 10.0. The van der Waals surface area contributed by atoms with E-state index in [0.29, 0.717) is 6.42 Å². The lowest BCUT2D eigenvalue weighted by Gasteiger charge is -2.07. The molecule has 0 aromatic rings. The first-order valence-electron chi connectivity index (χ1n) is 6.27. The summed E-state index contributed by atoms with van der Waals surface area (Å²) in [5.74, 6) is 0. The number of hydrogen-bond acceptors (Lipinski definition) is 2. The first-order valence-corrected chi connectivity index (χ1v) is 7.71. The second-order valence-corrected chi connectivity index (χ2v) is 5.99. The van der Waals surface area contributed by atoms with Gasteiger partial charge in [-0.1, -0.05) is 44.6 Å². The van der Waals surface area contributed by atoms with Gasteiger partial charge in [0.1, 0.15) is 0 Å². The molecule has 0 atom stereocenters. The molecule has 0 heterocycles. The Labute approximate surface area is 98.7 Å². The van der Waals surface area contributed by atoms with Crippen LogP contribution in [0.5, 0.6) is 0 Å². The van der Waals surface area contributed by atoms with Crippen molar-refractivity contribution in [3.63, 3.8) is 0 Å². The van der Waals surface area contributed by atoms with E-state index < -0.39 is 10.1 Å². The van der Waals surface area contributed by atoms with Crippen LogP contribution in [0, 0.1) is 0 Å². The van der Waals surface area contributed by atoms with Crippen LogP contribution in [0.15, 0.2) is 11.0 Å². The summed E-state index contributed by atoms with van der Waals surface area (Å²) >= 11 is 0. The summed E-state index contributed by atoms with van der Waals surface area (Å²) in [5, 5.41) is 0. The Bertz CT molecular complexity index is 317. The van der Waals surface area contributed by atoms with Gasteiger partial charge in [-0.3, -0.25) is 4.55 Å². The molecule has 0 aromatic heterocycles. The summed E-state index contributed by atoms with van der Waals surface area (Å²) in [5.41, 5.74) is 0. The highest BCUT2D eigenvalue weighted by Gasteiger charge is 2.12. The largest absolute Gasteiger partial charge is 0.290 e. The first kappa shape index (κ1) is 13.7. The summed E-state index contributed by atoms with van der Waals surface area (Å²) in [6, 6.07) is 0. The van der Waals surface area contributed by atoms with Crippen LogP contribution >= 0.6 is 0 Å². The van der Waals surface area contributed by atoms with Crippen molar-refractivity contribution < 1.29 is 13.0 Å². The van der Waals surface area contributed by atoms with E-state index in [1.807, 2.05) is 0 Å². The molecule has 0 spiro atoms. The molecule has 0 unspecified atom stereocenters. The molecule has 0 aromatic carbocycles. The monoisotopic (exact) mass is 246 g/mol. The van der Waals surface area contributed by atoms with E-state index in [1.165, 1.54) is 25.7 Å². The Morgan fingerprint density at radius 2 is 1.38 bits per heavy atom.